The fourth-order valence-electron chi connectivity index (χ4n) is 3.19. The molecule has 0 aromatic heterocycles. The Morgan fingerprint density at radius 3 is 2.50 bits per heavy atom. The van der Waals surface area contributed by atoms with E-state index >= 15 is 0 Å². The van der Waals surface area contributed by atoms with Gasteiger partial charge in [0.1, 0.15) is 6.61 Å². The van der Waals surface area contributed by atoms with Gasteiger partial charge in [0, 0.05) is 6.08 Å². The Bertz CT molecular complexity index is 730. The minimum absolute atomic E-state index is 0.128. The standard InChI is InChI=1S/C24H34O4/c1-17(12-13-21-19(3)11-8-14-24(21,5)6)9-7-10-18(2)15-22(25)28-16-20(4)23(26)27/h7,9-10,12-13,15,20H,8,11,14,16H2,1-6H3,(H,26,27). The summed E-state index contributed by atoms with van der Waals surface area (Å²) in [5, 5.41) is 8.78. The highest BCUT2D eigenvalue weighted by molar-refractivity contribution is 5.83. The van der Waals surface area contributed by atoms with Crippen LogP contribution in [0.15, 0.2) is 58.7 Å². The number of hydrogen-bond donors (Lipinski definition) is 1. The molecule has 1 aliphatic rings. The second-order valence-electron chi connectivity index (χ2n) is 8.29. The lowest BCUT2D eigenvalue weighted by atomic mass is 9.72. The average molecular weight is 387 g/mol. The van der Waals surface area contributed by atoms with Crippen molar-refractivity contribution < 1.29 is 19.4 Å². The Morgan fingerprint density at radius 1 is 1.21 bits per heavy atom. The summed E-state index contributed by atoms with van der Waals surface area (Å²) >= 11 is 0. The summed E-state index contributed by atoms with van der Waals surface area (Å²) in [6.07, 6.45) is 15.1. The first-order valence-electron chi connectivity index (χ1n) is 9.84. The molecule has 0 fully saturated rings. The van der Waals surface area contributed by atoms with Crippen molar-refractivity contribution >= 4 is 11.9 Å². The molecule has 0 saturated carbocycles. The van der Waals surface area contributed by atoms with Crippen LogP contribution in [0.25, 0.3) is 0 Å². The number of carbonyl (C=O) groups excluding carboxylic acids is 1. The van der Waals surface area contributed by atoms with E-state index < -0.39 is 17.9 Å². The summed E-state index contributed by atoms with van der Waals surface area (Å²) in [6, 6.07) is 0. The molecule has 1 unspecified atom stereocenters. The lowest BCUT2D eigenvalue weighted by molar-refractivity contribution is -0.147. The van der Waals surface area contributed by atoms with Gasteiger partial charge in [0.2, 0.25) is 0 Å². The summed E-state index contributed by atoms with van der Waals surface area (Å²) in [7, 11) is 0. The molecule has 0 saturated heterocycles. The van der Waals surface area contributed by atoms with Gasteiger partial charge in [-0.15, -0.1) is 0 Å². The lowest BCUT2D eigenvalue weighted by Gasteiger charge is -2.32. The molecule has 28 heavy (non-hydrogen) atoms. The van der Waals surface area contributed by atoms with Crippen LogP contribution in [0, 0.1) is 11.3 Å². The average Bonchev–Trinajstić information content (AvgIpc) is 2.58. The molecule has 0 aliphatic heterocycles. The second-order valence-corrected chi connectivity index (χ2v) is 8.29. The molecular formula is C24H34O4. The summed E-state index contributed by atoms with van der Waals surface area (Å²) in [5.74, 6) is -2.22. The molecule has 4 heteroatoms. The topological polar surface area (TPSA) is 63.6 Å². The highest BCUT2D eigenvalue weighted by Gasteiger charge is 2.26. The number of esters is 1. The van der Waals surface area contributed by atoms with Gasteiger partial charge >= 0.3 is 11.9 Å². The van der Waals surface area contributed by atoms with E-state index in [-0.39, 0.29) is 12.0 Å². The van der Waals surface area contributed by atoms with Crippen molar-refractivity contribution in [1.29, 1.82) is 0 Å². The van der Waals surface area contributed by atoms with E-state index in [2.05, 4.69) is 32.9 Å². The molecule has 0 aromatic rings. The predicted octanol–water partition coefficient (Wildman–Crippen LogP) is 5.78. The molecular weight excluding hydrogens is 352 g/mol. The number of hydrogen-bond acceptors (Lipinski definition) is 3. The van der Waals surface area contributed by atoms with E-state index in [0.717, 1.165) is 11.1 Å². The molecule has 0 heterocycles. The van der Waals surface area contributed by atoms with Crippen LogP contribution in [0.5, 0.6) is 0 Å². The van der Waals surface area contributed by atoms with Crippen molar-refractivity contribution in [3.8, 4) is 0 Å². The SMILES string of the molecule is CC(C=CC1=C(C)CCCC1(C)C)=CC=CC(C)=CC(=O)OCC(C)C(=O)O. The van der Waals surface area contributed by atoms with Crippen molar-refractivity contribution in [3.05, 3.63) is 58.7 Å². The Kier molecular flexibility index (Phi) is 9.17. The molecule has 154 valence electrons. The zero-order valence-corrected chi connectivity index (χ0v) is 18.0. The minimum Gasteiger partial charge on any atom is -0.481 e. The Morgan fingerprint density at radius 2 is 1.89 bits per heavy atom. The van der Waals surface area contributed by atoms with Crippen molar-refractivity contribution in [3.63, 3.8) is 0 Å². The molecule has 0 amide bonds. The summed E-state index contributed by atoms with van der Waals surface area (Å²) < 4.78 is 4.94. The number of allylic oxidation sites excluding steroid dienone is 9. The third-order valence-electron chi connectivity index (χ3n) is 5.02. The lowest BCUT2D eigenvalue weighted by Crippen LogP contribution is -2.19. The third kappa shape index (κ3) is 8.12. The third-order valence-corrected chi connectivity index (χ3v) is 5.02. The smallest absolute Gasteiger partial charge is 0.331 e. The first-order valence-corrected chi connectivity index (χ1v) is 9.84. The summed E-state index contributed by atoms with van der Waals surface area (Å²) in [4.78, 5) is 22.4. The van der Waals surface area contributed by atoms with E-state index in [1.165, 1.54) is 43.4 Å². The first-order chi connectivity index (χ1) is 13.0. The zero-order chi connectivity index (χ0) is 21.3. The van der Waals surface area contributed by atoms with E-state index in [4.69, 9.17) is 9.84 Å². The fourth-order valence-corrected chi connectivity index (χ4v) is 3.19. The molecule has 1 N–H and O–H groups in total. The van der Waals surface area contributed by atoms with Crippen LogP contribution in [0.2, 0.25) is 0 Å². The molecule has 1 atom stereocenters. The highest BCUT2D eigenvalue weighted by atomic mass is 16.5. The van der Waals surface area contributed by atoms with E-state index in [9.17, 15) is 9.59 Å². The van der Waals surface area contributed by atoms with Gasteiger partial charge in [-0.2, -0.15) is 0 Å². The van der Waals surface area contributed by atoms with Gasteiger partial charge in [-0.3, -0.25) is 4.79 Å². The van der Waals surface area contributed by atoms with Gasteiger partial charge in [0.15, 0.2) is 0 Å². The van der Waals surface area contributed by atoms with Crippen LogP contribution >= 0.6 is 0 Å². The molecule has 0 radical (unpaired) electrons. The van der Waals surface area contributed by atoms with Crippen molar-refractivity contribution in [2.24, 2.45) is 11.3 Å². The molecule has 0 aromatic carbocycles. The Balaban J connectivity index is 2.65. The number of carboxylic acid groups (broad SMARTS) is 1. The fraction of sp³-hybridized carbons (Fsp3) is 0.500. The Labute approximate surface area is 169 Å². The summed E-state index contributed by atoms with van der Waals surface area (Å²) in [5.41, 5.74) is 5.01. The van der Waals surface area contributed by atoms with Crippen LogP contribution in [0.3, 0.4) is 0 Å². The van der Waals surface area contributed by atoms with Crippen molar-refractivity contribution in [2.75, 3.05) is 6.61 Å². The normalized spacial score (nSPS) is 19.4. The molecule has 0 spiro atoms. The van der Waals surface area contributed by atoms with Crippen LogP contribution in [0.1, 0.15) is 60.8 Å². The molecule has 1 rings (SSSR count). The maximum Gasteiger partial charge on any atom is 0.331 e. The monoisotopic (exact) mass is 386 g/mol. The van der Waals surface area contributed by atoms with Crippen molar-refractivity contribution in [1.82, 2.24) is 0 Å². The zero-order valence-electron chi connectivity index (χ0n) is 18.0. The van der Waals surface area contributed by atoms with Crippen molar-refractivity contribution in [2.45, 2.75) is 60.8 Å². The van der Waals surface area contributed by atoms with Crippen LogP contribution in [0.4, 0.5) is 0 Å². The molecule has 4 nitrogen and oxygen atoms in total. The highest BCUT2D eigenvalue weighted by Crippen LogP contribution is 2.40. The minimum atomic E-state index is -0.982. The number of aliphatic carboxylic acids is 1. The number of carbonyl (C=O) groups is 2. The number of rotatable bonds is 8. The first kappa shape index (κ1) is 23.7. The van der Waals surface area contributed by atoms with E-state index in [1.807, 2.05) is 25.2 Å². The Hall–Kier alpha value is -2.36. The number of carboxylic acids is 1. The van der Waals surface area contributed by atoms with Gasteiger partial charge in [-0.05, 0) is 63.5 Å². The van der Waals surface area contributed by atoms with Gasteiger partial charge in [-0.1, -0.05) is 55.4 Å². The van der Waals surface area contributed by atoms with Gasteiger partial charge in [0.05, 0.1) is 5.92 Å². The maximum atomic E-state index is 11.7. The van der Waals surface area contributed by atoms with Gasteiger partial charge in [0.25, 0.3) is 0 Å². The van der Waals surface area contributed by atoms with Crippen LogP contribution in [-0.4, -0.2) is 23.7 Å². The quantitative estimate of drug-likeness (QED) is 0.326. The van der Waals surface area contributed by atoms with Crippen LogP contribution in [-0.2, 0) is 14.3 Å². The number of ether oxygens (including phenoxy) is 1. The summed E-state index contributed by atoms with van der Waals surface area (Å²) in [6.45, 7) is 12.1. The second kappa shape index (κ2) is 10.8. The van der Waals surface area contributed by atoms with E-state index in [1.54, 1.807) is 6.92 Å². The maximum absolute atomic E-state index is 11.7. The predicted molar refractivity (Wildman–Crippen MR) is 114 cm³/mol. The molecule has 0 bridgehead atoms. The largest absolute Gasteiger partial charge is 0.481 e. The van der Waals surface area contributed by atoms with E-state index in [0.29, 0.717) is 0 Å². The molecule has 1 aliphatic carbocycles. The van der Waals surface area contributed by atoms with Gasteiger partial charge in [-0.25, -0.2) is 4.79 Å². The van der Waals surface area contributed by atoms with Crippen LogP contribution < -0.4 is 0 Å². The van der Waals surface area contributed by atoms with Gasteiger partial charge < -0.3 is 9.84 Å².